The molecule has 1 N–H and O–H groups in total. The molecule has 0 aliphatic carbocycles. The molecule has 0 saturated heterocycles. The quantitative estimate of drug-likeness (QED) is 0.726. The monoisotopic (exact) mass is 372 g/mol. The maximum atomic E-state index is 12.9. The van der Waals surface area contributed by atoms with Crippen LogP contribution in [-0.4, -0.2) is 18.9 Å². The third-order valence-corrected chi connectivity index (χ3v) is 4.73. The van der Waals surface area contributed by atoms with Crippen molar-refractivity contribution in [1.29, 1.82) is 0 Å². The Labute approximate surface area is 163 Å². The lowest BCUT2D eigenvalue weighted by atomic mass is 10.1. The minimum atomic E-state index is -0.180. The number of rotatable bonds is 4. The normalized spacial score (nSPS) is 12.5. The second-order valence-corrected chi connectivity index (χ2v) is 6.68. The van der Waals surface area contributed by atoms with Gasteiger partial charge in [-0.2, -0.15) is 0 Å². The largest absolute Gasteiger partial charge is 0.454 e. The van der Waals surface area contributed by atoms with Gasteiger partial charge in [0.05, 0.1) is 11.3 Å². The molecule has 0 saturated carbocycles. The maximum absolute atomic E-state index is 12.9. The number of nitrogens with one attached hydrogen (secondary N) is 1. The predicted molar refractivity (Wildman–Crippen MR) is 109 cm³/mol. The number of benzene rings is 3. The van der Waals surface area contributed by atoms with Gasteiger partial charge in [-0.05, 0) is 42.3 Å². The number of carbonyl (C=O) groups is 2. The molecule has 0 atom stereocenters. The fourth-order valence-corrected chi connectivity index (χ4v) is 3.22. The first kappa shape index (κ1) is 17.8. The number of hydrogen-bond acceptors (Lipinski definition) is 3. The summed E-state index contributed by atoms with van der Waals surface area (Å²) in [5.74, 6) is 0.823. The standard InChI is InChI=1S/C23H20N2O3/c1-25-19-9-5-6-10-21(19)28-20-13-12-17(15-18(20)23(25)27)24-22(26)14-11-16-7-3-2-4-8-16/h2-10,12-13,15H,11,14H2,1H3,(H,24,26). The first-order valence-electron chi connectivity index (χ1n) is 9.14. The molecule has 5 nitrogen and oxygen atoms in total. The molecule has 1 heterocycles. The van der Waals surface area contributed by atoms with Gasteiger partial charge < -0.3 is 15.0 Å². The number of anilines is 2. The van der Waals surface area contributed by atoms with Crippen LogP contribution in [0.4, 0.5) is 11.4 Å². The van der Waals surface area contributed by atoms with E-state index in [1.54, 1.807) is 30.1 Å². The molecule has 0 bridgehead atoms. The number of ether oxygens (including phenoxy) is 1. The highest BCUT2D eigenvalue weighted by Gasteiger charge is 2.25. The van der Waals surface area contributed by atoms with Crippen LogP contribution < -0.4 is 15.0 Å². The number of fused-ring (bicyclic) bond motifs is 2. The summed E-state index contributed by atoms with van der Waals surface area (Å²) in [5, 5.41) is 2.87. The number of para-hydroxylation sites is 2. The Hall–Kier alpha value is -3.60. The van der Waals surface area contributed by atoms with E-state index < -0.39 is 0 Å². The first-order chi connectivity index (χ1) is 13.6. The van der Waals surface area contributed by atoms with Crippen molar-refractivity contribution in [3.8, 4) is 11.5 Å². The van der Waals surface area contributed by atoms with Crippen molar-refractivity contribution in [3.05, 3.63) is 83.9 Å². The highest BCUT2D eigenvalue weighted by Crippen LogP contribution is 2.38. The summed E-state index contributed by atoms with van der Waals surface area (Å²) in [6.45, 7) is 0. The summed E-state index contributed by atoms with van der Waals surface area (Å²) < 4.78 is 5.93. The van der Waals surface area contributed by atoms with Crippen LogP contribution in [0.2, 0.25) is 0 Å². The van der Waals surface area contributed by atoms with Gasteiger partial charge in [0.25, 0.3) is 5.91 Å². The van der Waals surface area contributed by atoms with Gasteiger partial charge in [0.1, 0.15) is 5.75 Å². The van der Waals surface area contributed by atoms with Crippen LogP contribution in [0.5, 0.6) is 11.5 Å². The summed E-state index contributed by atoms with van der Waals surface area (Å²) >= 11 is 0. The second-order valence-electron chi connectivity index (χ2n) is 6.68. The zero-order valence-electron chi connectivity index (χ0n) is 15.5. The molecule has 140 valence electrons. The Morgan fingerprint density at radius 1 is 0.964 bits per heavy atom. The van der Waals surface area contributed by atoms with E-state index in [-0.39, 0.29) is 11.8 Å². The van der Waals surface area contributed by atoms with Crippen LogP contribution in [-0.2, 0) is 11.2 Å². The second kappa shape index (κ2) is 7.56. The van der Waals surface area contributed by atoms with E-state index in [0.29, 0.717) is 41.3 Å². The Morgan fingerprint density at radius 2 is 1.71 bits per heavy atom. The number of nitrogens with zero attached hydrogens (tertiary/aromatic N) is 1. The Bertz CT molecular complexity index is 1030. The summed E-state index contributed by atoms with van der Waals surface area (Å²) in [6.07, 6.45) is 1.04. The van der Waals surface area contributed by atoms with E-state index in [4.69, 9.17) is 4.74 Å². The van der Waals surface area contributed by atoms with Gasteiger partial charge in [-0.1, -0.05) is 42.5 Å². The molecular weight excluding hydrogens is 352 g/mol. The third-order valence-electron chi connectivity index (χ3n) is 4.73. The zero-order valence-corrected chi connectivity index (χ0v) is 15.5. The number of aryl methyl sites for hydroxylation is 1. The summed E-state index contributed by atoms with van der Waals surface area (Å²) in [6, 6.07) is 22.4. The van der Waals surface area contributed by atoms with Crippen LogP contribution in [0, 0.1) is 0 Å². The molecular formula is C23H20N2O3. The van der Waals surface area contributed by atoms with E-state index in [0.717, 1.165) is 5.56 Å². The lowest BCUT2D eigenvalue weighted by Gasteiger charge is -2.16. The van der Waals surface area contributed by atoms with Gasteiger partial charge in [-0.25, -0.2) is 0 Å². The first-order valence-corrected chi connectivity index (χ1v) is 9.14. The van der Waals surface area contributed by atoms with Gasteiger partial charge in [-0.15, -0.1) is 0 Å². The molecule has 3 aromatic rings. The maximum Gasteiger partial charge on any atom is 0.261 e. The molecule has 1 aliphatic heterocycles. The highest BCUT2D eigenvalue weighted by molar-refractivity contribution is 6.10. The van der Waals surface area contributed by atoms with Gasteiger partial charge in [-0.3, -0.25) is 9.59 Å². The van der Waals surface area contributed by atoms with Crippen molar-refractivity contribution in [3.63, 3.8) is 0 Å². The summed E-state index contributed by atoms with van der Waals surface area (Å²) in [4.78, 5) is 26.7. The molecule has 2 amide bonds. The number of carbonyl (C=O) groups excluding carboxylic acids is 2. The summed E-state index contributed by atoms with van der Waals surface area (Å²) in [7, 11) is 1.71. The molecule has 0 unspecified atom stereocenters. The minimum absolute atomic E-state index is 0.0950. The van der Waals surface area contributed by atoms with E-state index in [9.17, 15) is 9.59 Å². The van der Waals surface area contributed by atoms with Crippen LogP contribution in [0.25, 0.3) is 0 Å². The average molecular weight is 372 g/mol. The molecule has 1 aliphatic rings. The zero-order chi connectivity index (χ0) is 19.5. The SMILES string of the molecule is CN1C(=O)c2cc(NC(=O)CCc3ccccc3)ccc2Oc2ccccc21. The van der Waals surface area contributed by atoms with Crippen molar-refractivity contribution < 1.29 is 14.3 Å². The van der Waals surface area contributed by atoms with Crippen molar-refractivity contribution >= 4 is 23.2 Å². The Balaban J connectivity index is 1.51. The van der Waals surface area contributed by atoms with Gasteiger partial charge >= 0.3 is 0 Å². The lowest BCUT2D eigenvalue weighted by Crippen LogP contribution is -2.25. The van der Waals surface area contributed by atoms with Crippen LogP contribution in [0.3, 0.4) is 0 Å². The van der Waals surface area contributed by atoms with Crippen molar-refractivity contribution in [1.82, 2.24) is 0 Å². The van der Waals surface area contributed by atoms with Crippen molar-refractivity contribution in [2.24, 2.45) is 0 Å². The molecule has 0 radical (unpaired) electrons. The van der Waals surface area contributed by atoms with Gasteiger partial charge in [0.2, 0.25) is 5.91 Å². The van der Waals surface area contributed by atoms with E-state index >= 15 is 0 Å². The lowest BCUT2D eigenvalue weighted by molar-refractivity contribution is -0.116. The van der Waals surface area contributed by atoms with Gasteiger partial charge in [0, 0.05) is 19.2 Å². The number of hydrogen-bond donors (Lipinski definition) is 1. The minimum Gasteiger partial charge on any atom is -0.454 e. The topological polar surface area (TPSA) is 58.6 Å². The highest BCUT2D eigenvalue weighted by atomic mass is 16.5. The van der Waals surface area contributed by atoms with Crippen molar-refractivity contribution in [2.75, 3.05) is 17.3 Å². The molecule has 28 heavy (non-hydrogen) atoms. The Kier molecular flexibility index (Phi) is 4.81. The van der Waals surface area contributed by atoms with Crippen molar-refractivity contribution in [2.45, 2.75) is 12.8 Å². The smallest absolute Gasteiger partial charge is 0.261 e. The molecule has 0 fully saturated rings. The number of amides is 2. The molecule has 0 spiro atoms. The fraction of sp³-hybridized carbons (Fsp3) is 0.130. The van der Waals surface area contributed by atoms with Gasteiger partial charge in [0.15, 0.2) is 5.75 Å². The average Bonchev–Trinajstić information content (AvgIpc) is 2.83. The molecule has 0 aromatic heterocycles. The van der Waals surface area contributed by atoms with Crippen LogP contribution in [0.15, 0.2) is 72.8 Å². The van der Waals surface area contributed by atoms with E-state index in [2.05, 4.69) is 5.32 Å². The van der Waals surface area contributed by atoms with E-state index in [1.807, 2.05) is 54.6 Å². The molecule has 4 rings (SSSR count). The molecule has 5 heteroatoms. The third kappa shape index (κ3) is 3.60. The van der Waals surface area contributed by atoms with Crippen LogP contribution >= 0.6 is 0 Å². The molecule has 3 aromatic carbocycles. The summed E-state index contributed by atoms with van der Waals surface area (Å²) in [5.41, 5.74) is 2.81. The van der Waals surface area contributed by atoms with Crippen LogP contribution in [0.1, 0.15) is 22.3 Å². The Morgan fingerprint density at radius 3 is 2.54 bits per heavy atom. The predicted octanol–water partition coefficient (Wildman–Crippen LogP) is 4.64. The van der Waals surface area contributed by atoms with E-state index in [1.165, 1.54) is 0 Å². The fourth-order valence-electron chi connectivity index (χ4n) is 3.22.